The molecule has 0 aromatic heterocycles. The average molecular weight is 283 g/mol. The monoisotopic (exact) mass is 283 g/mol. The Morgan fingerprint density at radius 3 is 2.53 bits per heavy atom. The molecule has 106 valence electrons. The molecule has 1 N–H and O–H groups in total. The average Bonchev–Trinajstić information content (AvgIpc) is 2.35. The first kappa shape index (κ1) is 15.9. The lowest BCUT2D eigenvalue weighted by molar-refractivity contribution is 0.280. The second kappa shape index (κ2) is 6.32. The summed E-state index contributed by atoms with van der Waals surface area (Å²) < 4.78 is 26.5. The normalized spacial score (nSPS) is 12.1. The van der Waals surface area contributed by atoms with Gasteiger partial charge in [-0.15, -0.1) is 6.58 Å². The third kappa shape index (κ3) is 3.43. The zero-order valence-electron chi connectivity index (χ0n) is 11.6. The first-order chi connectivity index (χ1) is 8.84. The Morgan fingerprint density at radius 1 is 1.42 bits per heavy atom. The van der Waals surface area contributed by atoms with Crippen molar-refractivity contribution in [3.63, 3.8) is 0 Å². The Balaban J connectivity index is 3.29. The van der Waals surface area contributed by atoms with Crippen LogP contribution < -0.4 is 0 Å². The fraction of sp³-hybridized carbons (Fsp3) is 0.429. The van der Waals surface area contributed by atoms with Gasteiger partial charge in [-0.2, -0.15) is 4.31 Å². The van der Waals surface area contributed by atoms with E-state index in [1.54, 1.807) is 18.2 Å². The van der Waals surface area contributed by atoms with Gasteiger partial charge in [-0.25, -0.2) is 8.42 Å². The molecule has 0 spiro atoms. The van der Waals surface area contributed by atoms with E-state index >= 15 is 0 Å². The number of sulfonamides is 1. The van der Waals surface area contributed by atoms with Crippen LogP contribution in [0.1, 0.15) is 25.0 Å². The molecule has 0 atom stereocenters. The van der Waals surface area contributed by atoms with Gasteiger partial charge in [0.1, 0.15) is 0 Å². The van der Waals surface area contributed by atoms with Gasteiger partial charge in [-0.3, -0.25) is 0 Å². The van der Waals surface area contributed by atoms with Crippen molar-refractivity contribution in [3.8, 4) is 0 Å². The number of rotatable bonds is 6. The third-order valence-electron chi connectivity index (χ3n) is 2.98. The minimum Gasteiger partial charge on any atom is -0.392 e. The van der Waals surface area contributed by atoms with Gasteiger partial charge in [0.2, 0.25) is 10.0 Å². The standard InChI is InChI=1S/C14H21NO3S/c1-5-8-15(11(2)3)19(17,18)14-7-6-12(4)13(9-14)10-16/h5-7,9,11,16H,1,8,10H2,2-4H3. The van der Waals surface area contributed by atoms with Gasteiger partial charge in [0, 0.05) is 12.6 Å². The van der Waals surface area contributed by atoms with Crippen molar-refractivity contribution in [1.29, 1.82) is 0 Å². The van der Waals surface area contributed by atoms with Crippen molar-refractivity contribution in [3.05, 3.63) is 42.0 Å². The number of hydrogen-bond acceptors (Lipinski definition) is 3. The molecule has 0 unspecified atom stereocenters. The van der Waals surface area contributed by atoms with E-state index in [0.717, 1.165) is 5.56 Å². The summed E-state index contributed by atoms with van der Waals surface area (Å²) in [5.41, 5.74) is 1.50. The number of nitrogens with zero attached hydrogens (tertiary/aromatic N) is 1. The summed E-state index contributed by atoms with van der Waals surface area (Å²) in [5.74, 6) is 0. The summed E-state index contributed by atoms with van der Waals surface area (Å²) in [6.07, 6.45) is 1.57. The van der Waals surface area contributed by atoms with E-state index in [2.05, 4.69) is 6.58 Å². The van der Waals surface area contributed by atoms with Crippen LogP contribution in [0.15, 0.2) is 35.7 Å². The van der Waals surface area contributed by atoms with Crippen LogP contribution in [0.3, 0.4) is 0 Å². The summed E-state index contributed by atoms with van der Waals surface area (Å²) in [6, 6.07) is 4.66. The van der Waals surface area contributed by atoms with Gasteiger partial charge in [-0.05, 0) is 44.0 Å². The van der Waals surface area contributed by atoms with Gasteiger partial charge in [0.25, 0.3) is 0 Å². The van der Waals surface area contributed by atoms with Crippen LogP contribution in [0, 0.1) is 6.92 Å². The quantitative estimate of drug-likeness (QED) is 0.813. The summed E-state index contributed by atoms with van der Waals surface area (Å²) in [5, 5.41) is 9.24. The lowest BCUT2D eigenvalue weighted by Crippen LogP contribution is -2.37. The van der Waals surface area contributed by atoms with Gasteiger partial charge in [0.05, 0.1) is 11.5 Å². The van der Waals surface area contributed by atoms with Crippen LogP contribution in [0.5, 0.6) is 0 Å². The molecule has 1 rings (SSSR count). The molecular weight excluding hydrogens is 262 g/mol. The molecule has 0 aliphatic carbocycles. The van der Waals surface area contributed by atoms with Gasteiger partial charge in [-0.1, -0.05) is 12.1 Å². The number of aryl methyl sites for hydroxylation is 1. The van der Waals surface area contributed by atoms with E-state index in [4.69, 9.17) is 0 Å². The molecule has 5 heteroatoms. The fourth-order valence-corrected chi connectivity index (χ4v) is 3.49. The van der Waals surface area contributed by atoms with E-state index < -0.39 is 10.0 Å². The van der Waals surface area contributed by atoms with E-state index in [0.29, 0.717) is 5.56 Å². The minimum atomic E-state index is -3.56. The van der Waals surface area contributed by atoms with E-state index in [-0.39, 0.29) is 24.1 Å². The van der Waals surface area contributed by atoms with Gasteiger partial charge in [0.15, 0.2) is 0 Å². The first-order valence-corrected chi connectivity index (χ1v) is 7.61. The van der Waals surface area contributed by atoms with Gasteiger partial charge < -0.3 is 5.11 Å². The van der Waals surface area contributed by atoms with Crippen LogP contribution in [0.25, 0.3) is 0 Å². The van der Waals surface area contributed by atoms with Crippen molar-refractivity contribution in [1.82, 2.24) is 4.31 Å². The Kier molecular flexibility index (Phi) is 5.29. The maximum absolute atomic E-state index is 12.5. The van der Waals surface area contributed by atoms with E-state index in [1.807, 2.05) is 20.8 Å². The second-order valence-electron chi connectivity index (χ2n) is 4.70. The fourth-order valence-electron chi connectivity index (χ4n) is 1.83. The molecule has 1 aromatic carbocycles. The van der Waals surface area contributed by atoms with Crippen LogP contribution in [0.4, 0.5) is 0 Å². The first-order valence-electron chi connectivity index (χ1n) is 6.17. The highest BCUT2D eigenvalue weighted by atomic mass is 32.2. The molecule has 0 saturated carbocycles. The zero-order valence-corrected chi connectivity index (χ0v) is 12.4. The molecule has 1 aromatic rings. The second-order valence-corrected chi connectivity index (χ2v) is 6.59. The predicted octanol–water partition coefficient (Wildman–Crippen LogP) is 2.07. The highest BCUT2D eigenvalue weighted by molar-refractivity contribution is 7.89. The Labute approximate surface area is 115 Å². The predicted molar refractivity (Wildman–Crippen MR) is 76.3 cm³/mol. The maximum atomic E-state index is 12.5. The Hall–Kier alpha value is -1.17. The van der Waals surface area contributed by atoms with Crippen LogP contribution >= 0.6 is 0 Å². The number of benzene rings is 1. The number of aliphatic hydroxyl groups excluding tert-OH is 1. The maximum Gasteiger partial charge on any atom is 0.243 e. The molecule has 0 heterocycles. The molecule has 0 saturated heterocycles. The van der Waals surface area contributed by atoms with E-state index in [9.17, 15) is 13.5 Å². The third-order valence-corrected chi connectivity index (χ3v) is 5.02. The van der Waals surface area contributed by atoms with Crippen molar-refractivity contribution in [2.45, 2.75) is 38.3 Å². The summed E-state index contributed by atoms with van der Waals surface area (Å²) in [7, 11) is -3.56. The molecule has 0 aliphatic heterocycles. The number of hydrogen-bond donors (Lipinski definition) is 1. The minimum absolute atomic E-state index is 0.151. The Morgan fingerprint density at radius 2 is 2.05 bits per heavy atom. The smallest absolute Gasteiger partial charge is 0.243 e. The van der Waals surface area contributed by atoms with Crippen LogP contribution in [0.2, 0.25) is 0 Å². The lowest BCUT2D eigenvalue weighted by atomic mass is 10.1. The summed E-state index contributed by atoms with van der Waals surface area (Å²) in [4.78, 5) is 0.206. The largest absolute Gasteiger partial charge is 0.392 e. The highest BCUT2D eigenvalue weighted by Gasteiger charge is 2.26. The molecule has 0 fully saturated rings. The van der Waals surface area contributed by atoms with Crippen LogP contribution in [-0.4, -0.2) is 30.4 Å². The Bertz CT molecular complexity index is 550. The summed E-state index contributed by atoms with van der Waals surface area (Å²) >= 11 is 0. The lowest BCUT2D eigenvalue weighted by Gasteiger charge is -2.24. The molecule has 0 radical (unpaired) electrons. The van der Waals surface area contributed by atoms with Crippen molar-refractivity contribution >= 4 is 10.0 Å². The SMILES string of the molecule is C=CCN(C(C)C)S(=O)(=O)c1ccc(C)c(CO)c1. The number of aliphatic hydroxyl groups is 1. The topological polar surface area (TPSA) is 57.6 Å². The summed E-state index contributed by atoms with van der Waals surface area (Å²) in [6.45, 7) is 9.17. The van der Waals surface area contributed by atoms with Gasteiger partial charge >= 0.3 is 0 Å². The molecule has 19 heavy (non-hydrogen) atoms. The molecule has 0 bridgehead atoms. The molecule has 0 amide bonds. The van der Waals surface area contributed by atoms with E-state index in [1.165, 1.54) is 10.4 Å². The highest BCUT2D eigenvalue weighted by Crippen LogP contribution is 2.21. The zero-order chi connectivity index (χ0) is 14.6. The van der Waals surface area contributed by atoms with Crippen molar-refractivity contribution < 1.29 is 13.5 Å². The van der Waals surface area contributed by atoms with Crippen molar-refractivity contribution in [2.24, 2.45) is 0 Å². The molecule has 0 aliphatic rings. The van der Waals surface area contributed by atoms with Crippen molar-refractivity contribution in [2.75, 3.05) is 6.54 Å². The molecular formula is C14H21NO3S. The van der Waals surface area contributed by atoms with Crippen LogP contribution in [-0.2, 0) is 16.6 Å². The molecule has 4 nitrogen and oxygen atoms in total.